The zero-order valence-electron chi connectivity index (χ0n) is 20.4. The first kappa shape index (κ1) is 24.8. The van der Waals surface area contributed by atoms with Crippen molar-refractivity contribution in [3.8, 4) is 28.2 Å². The van der Waals surface area contributed by atoms with Crippen LogP contribution in [0.2, 0.25) is 5.02 Å². The van der Waals surface area contributed by atoms with E-state index in [2.05, 4.69) is 25.6 Å². The summed E-state index contributed by atoms with van der Waals surface area (Å²) in [4.78, 5) is 20.5. The van der Waals surface area contributed by atoms with Gasteiger partial charge in [0.2, 0.25) is 5.91 Å². The van der Waals surface area contributed by atoms with Crippen LogP contribution in [0.3, 0.4) is 0 Å². The highest BCUT2D eigenvalue weighted by Gasteiger charge is 2.25. The number of nitrogens with zero attached hydrogens (tertiary/aromatic N) is 9. The third-order valence-electron chi connectivity index (χ3n) is 6.37. The van der Waals surface area contributed by atoms with Crippen molar-refractivity contribution in [3.63, 3.8) is 0 Å². The minimum atomic E-state index is -0.642. The highest BCUT2D eigenvalue weighted by Crippen LogP contribution is 2.31. The normalized spacial score (nSPS) is 14.5. The number of aromatic nitrogens is 7. The van der Waals surface area contributed by atoms with E-state index in [1.54, 1.807) is 24.5 Å². The number of rotatable bonds is 6. The molecule has 5 rings (SSSR count). The van der Waals surface area contributed by atoms with Crippen molar-refractivity contribution in [2.75, 3.05) is 39.5 Å². The molecule has 1 aliphatic heterocycles. The Bertz CT molecular complexity index is 1430. The van der Waals surface area contributed by atoms with Crippen molar-refractivity contribution >= 4 is 23.3 Å². The Hall–Kier alpha value is -3.90. The van der Waals surface area contributed by atoms with Gasteiger partial charge in [0.15, 0.2) is 11.6 Å². The number of piperidine rings is 1. The molecule has 0 atom stereocenters. The van der Waals surface area contributed by atoms with E-state index in [9.17, 15) is 9.18 Å². The van der Waals surface area contributed by atoms with E-state index in [1.165, 1.54) is 16.8 Å². The van der Waals surface area contributed by atoms with Crippen molar-refractivity contribution < 1.29 is 9.18 Å². The molecule has 4 heterocycles. The molecule has 1 aromatic carbocycles. The van der Waals surface area contributed by atoms with Gasteiger partial charge in [0.25, 0.3) is 0 Å². The van der Waals surface area contributed by atoms with E-state index >= 15 is 0 Å². The van der Waals surface area contributed by atoms with Gasteiger partial charge in [-0.05, 0) is 55.6 Å². The fourth-order valence-corrected chi connectivity index (χ4v) is 4.59. The maximum absolute atomic E-state index is 14.7. The average Bonchev–Trinajstić information content (AvgIpc) is 3.56. The maximum atomic E-state index is 14.7. The number of nitrogen functional groups attached to an aromatic ring is 1. The molecule has 2 N–H and O–H groups in total. The molecule has 4 aromatic rings. The molecule has 0 saturated carbocycles. The van der Waals surface area contributed by atoms with Crippen LogP contribution in [0.5, 0.6) is 0 Å². The molecule has 0 aliphatic carbocycles. The number of pyridine rings is 1. The van der Waals surface area contributed by atoms with Gasteiger partial charge in [-0.2, -0.15) is 9.78 Å². The maximum Gasteiger partial charge on any atom is 0.236 e. The summed E-state index contributed by atoms with van der Waals surface area (Å²) in [5.41, 5.74) is 8.31. The van der Waals surface area contributed by atoms with Crippen molar-refractivity contribution in [1.29, 1.82) is 0 Å². The van der Waals surface area contributed by atoms with E-state index < -0.39 is 5.82 Å². The zero-order valence-corrected chi connectivity index (χ0v) is 21.2. The largest absolute Gasteiger partial charge is 0.383 e. The molecular weight excluding hydrogens is 499 g/mol. The highest BCUT2D eigenvalue weighted by molar-refractivity contribution is 6.30. The topological polar surface area (TPSA) is 124 Å². The lowest BCUT2D eigenvalue weighted by Gasteiger charge is -2.32. The Kier molecular flexibility index (Phi) is 6.85. The SMILES string of the molecule is CN(C)CC(=O)N1CCC(n2cc(-c3cnc(N)c(-c4nnnn4-c4cccc(Cl)c4F)c3)cn2)CC1. The molecule has 37 heavy (non-hydrogen) atoms. The average molecular weight is 525 g/mol. The Labute approximate surface area is 217 Å². The third-order valence-corrected chi connectivity index (χ3v) is 6.66. The van der Waals surface area contributed by atoms with Gasteiger partial charge in [-0.15, -0.1) is 5.10 Å². The molecular formula is C24H26ClFN10O. The Morgan fingerprint density at radius 1 is 1.22 bits per heavy atom. The first-order valence-electron chi connectivity index (χ1n) is 11.8. The number of tetrazole rings is 1. The summed E-state index contributed by atoms with van der Waals surface area (Å²) in [6.45, 7) is 1.81. The molecule has 1 aliphatic rings. The number of benzene rings is 1. The molecule has 0 bridgehead atoms. The van der Waals surface area contributed by atoms with Crippen molar-refractivity contribution in [1.82, 2.24) is 44.8 Å². The Morgan fingerprint density at radius 3 is 2.76 bits per heavy atom. The summed E-state index contributed by atoms with van der Waals surface area (Å²) >= 11 is 5.95. The summed E-state index contributed by atoms with van der Waals surface area (Å²) < 4.78 is 17.9. The van der Waals surface area contributed by atoms with E-state index in [-0.39, 0.29) is 34.3 Å². The van der Waals surface area contributed by atoms with Gasteiger partial charge in [0.05, 0.1) is 29.4 Å². The summed E-state index contributed by atoms with van der Waals surface area (Å²) in [6, 6.07) is 6.58. The number of likely N-dealkylation sites (tertiary alicyclic amines) is 1. The second kappa shape index (κ2) is 10.2. The van der Waals surface area contributed by atoms with Gasteiger partial charge in [-0.3, -0.25) is 9.48 Å². The van der Waals surface area contributed by atoms with Gasteiger partial charge >= 0.3 is 0 Å². The minimum Gasteiger partial charge on any atom is -0.383 e. The Balaban J connectivity index is 1.37. The first-order valence-corrected chi connectivity index (χ1v) is 12.2. The van der Waals surface area contributed by atoms with E-state index in [0.717, 1.165) is 24.0 Å². The second-order valence-corrected chi connectivity index (χ2v) is 9.61. The summed E-state index contributed by atoms with van der Waals surface area (Å²) in [7, 11) is 3.78. The van der Waals surface area contributed by atoms with Crippen LogP contribution in [0.4, 0.5) is 10.2 Å². The molecule has 0 spiro atoms. The molecule has 3 aromatic heterocycles. The molecule has 0 radical (unpaired) electrons. The van der Waals surface area contributed by atoms with E-state index in [0.29, 0.717) is 25.2 Å². The molecule has 1 saturated heterocycles. The van der Waals surface area contributed by atoms with Crippen molar-refractivity contribution in [3.05, 3.63) is 53.7 Å². The first-order chi connectivity index (χ1) is 17.8. The van der Waals surface area contributed by atoms with Gasteiger partial charge in [-0.1, -0.05) is 17.7 Å². The lowest BCUT2D eigenvalue weighted by molar-refractivity contribution is -0.133. The highest BCUT2D eigenvalue weighted by atomic mass is 35.5. The second-order valence-electron chi connectivity index (χ2n) is 9.20. The van der Waals surface area contributed by atoms with E-state index in [4.69, 9.17) is 17.3 Å². The van der Waals surface area contributed by atoms with Crippen molar-refractivity contribution in [2.24, 2.45) is 0 Å². The van der Waals surface area contributed by atoms with Crippen LogP contribution in [0, 0.1) is 5.82 Å². The molecule has 1 amide bonds. The Morgan fingerprint density at radius 2 is 2.00 bits per heavy atom. The number of carbonyl (C=O) groups is 1. The van der Waals surface area contributed by atoms with E-state index in [1.807, 2.05) is 34.8 Å². The number of nitrogens with two attached hydrogens (primary N) is 1. The fourth-order valence-electron chi connectivity index (χ4n) is 4.42. The lowest BCUT2D eigenvalue weighted by Crippen LogP contribution is -2.43. The van der Waals surface area contributed by atoms with Gasteiger partial charge < -0.3 is 15.5 Å². The van der Waals surface area contributed by atoms with Gasteiger partial charge in [0.1, 0.15) is 11.5 Å². The lowest BCUT2D eigenvalue weighted by atomic mass is 10.0. The number of halogens is 2. The quantitative estimate of drug-likeness (QED) is 0.408. The monoisotopic (exact) mass is 524 g/mol. The minimum absolute atomic E-state index is 0.0425. The zero-order chi connectivity index (χ0) is 26.1. The molecule has 11 nitrogen and oxygen atoms in total. The van der Waals surface area contributed by atoms with Gasteiger partial charge in [0, 0.05) is 36.6 Å². The number of likely N-dealkylation sites (N-methyl/N-ethyl adjacent to an activating group) is 1. The van der Waals surface area contributed by atoms with Crippen LogP contribution in [0.25, 0.3) is 28.2 Å². The number of amides is 1. The van der Waals surface area contributed by atoms with Crippen LogP contribution in [0.1, 0.15) is 18.9 Å². The van der Waals surface area contributed by atoms with Crippen LogP contribution < -0.4 is 5.73 Å². The molecule has 0 unspecified atom stereocenters. The fraction of sp³-hybridized carbons (Fsp3) is 0.333. The standard InChI is InChI=1S/C24H26ClFN10O/c1-33(2)14-21(37)34-8-6-17(7-9-34)35-13-16(12-29-35)15-10-18(23(27)28-11-15)24-30-31-32-36(24)20-5-3-4-19(25)22(20)26/h3-5,10-13,17H,6-9,14H2,1-2H3,(H2,27,28). The number of anilines is 1. The van der Waals surface area contributed by atoms with Crippen LogP contribution in [-0.4, -0.2) is 84.4 Å². The van der Waals surface area contributed by atoms with Crippen LogP contribution in [-0.2, 0) is 4.79 Å². The summed E-state index contributed by atoms with van der Waals surface area (Å²) in [5, 5.41) is 16.2. The number of hydrogen-bond donors (Lipinski definition) is 1. The van der Waals surface area contributed by atoms with Crippen molar-refractivity contribution in [2.45, 2.75) is 18.9 Å². The predicted octanol–water partition coefficient (Wildman–Crippen LogP) is 2.69. The number of hydrogen-bond acceptors (Lipinski definition) is 8. The smallest absolute Gasteiger partial charge is 0.236 e. The van der Waals surface area contributed by atoms with Crippen LogP contribution >= 0.6 is 11.6 Å². The number of carbonyl (C=O) groups excluding carboxylic acids is 1. The summed E-state index contributed by atoms with van der Waals surface area (Å²) in [5.74, 6) is -0.0687. The van der Waals surface area contributed by atoms with Gasteiger partial charge in [-0.25, -0.2) is 9.37 Å². The predicted molar refractivity (Wildman–Crippen MR) is 136 cm³/mol. The molecule has 1 fully saturated rings. The van der Waals surface area contributed by atoms with Crippen LogP contribution in [0.15, 0.2) is 42.9 Å². The molecule has 13 heteroatoms. The third kappa shape index (κ3) is 5.02. The molecule has 192 valence electrons. The summed E-state index contributed by atoms with van der Waals surface area (Å²) in [6.07, 6.45) is 7.02.